The highest BCUT2D eigenvalue weighted by Gasteiger charge is 2.38. The minimum absolute atomic E-state index is 0.0365. The molecule has 1 aliphatic heterocycles. The molecule has 186 valence electrons. The van der Waals surface area contributed by atoms with Crippen LogP contribution in [-0.2, 0) is 16.0 Å². The van der Waals surface area contributed by atoms with Crippen molar-refractivity contribution < 1.29 is 9.59 Å². The second-order valence-electron chi connectivity index (χ2n) is 9.76. The summed E-state index contributed by atoms with van der Waals surface area (Å²) >= 11 is 0. The lowest BCUT2D eigenvalue weighted by atomic mass is 9.84. The van der Waals surface area contributed by atoms with Crippen molar-refractivity contribution in [2.75, 3.05) is 0 Å². The number of pyridine rings is 1. The molecule has 5 rings (SSSR count). The smallest absolute Gasteiger partial charge is 0.220 e. The van der Waals surface area contributed by atoms with Crippen LogP contribution in [0.2, 0.25) is 0 Å². The predicted molar refractivity (Wildman–Crippen MR) is 146 cm³/mol. The van der Waals surface area contributed by atoms with Crippen LogP contribution in [0.4, 0.5) is 0 Å². The number of benzene rings is 3. The molecule has 37 heavy (non-hydrogen) atoms. The minimum Gasteiger partial charge on any atom is -0.350 e. The molecular formula is C32H31N3O2. The first-order valence-corrected chi connectivity index (χ1v) is 12.8. The lowest BCUT2D eigenvalue weighted by molar-refractivity contribution is -0.123. The van der Waals surface area contributed by atoms with Crippen molar-refractivity contribution in [2.24, 2.45) is 0 Å². The average molecular weight is 490 g/mol. The average Bonchev–Trinajstić information content (AvgIpc) is 3.32. The lowest BCUT2D eigenvalue weighted by Crippen LogP contribution is -2.44. The number of carbonyl (C=O) groups excluding carboxylic acids is 2. The van der Waals surface area contributed by atoms with E-state index in [0.717, 1.165) is 28.7 Å². The molecule has 2 unspecified atom stereocenters. The normalized spacial score (nSPS) is 17.7. The first kappa shape index (κ1) is 24.4. The number of nitrogens with zero attached hydrogens (tertiary/aromatic N) is 1. The highest BCUT2D eigenvalue weighted by Crippen LogP contribution is 2.31. The zero-order valence-corrected chi connectivity index (χ0v) is 20.8. The van der Waals surface area contributed by atoms with E-state index in [-0.39, 0.29) is 17.9 Å². The summed E-state index contributed by atoms with van der Waals surface area (Å²) in [7, 11) is 0. The second-order valence-corrected chi connectivity index (χ2v) is 9.76. The van der Waals surface area contributed by atoms with E-state index in [4.69, 9.17) is 0 Å². The third-order valence-corrected chi connectivity index (χ3v) is 7.15. The molecule has 1 saturated heterocycles. The molecule has 1 aliphatic rings. The number of amides is 2. The highest BCUT2D eigenvalue weighted by molar-refractivity contribution is 5.80. The van der Waals surface area contributed by atoms with Crippen LogP contribution >= 0.6 is 0 Å². The standard InChI is InChI=1S/C32H31N3O2/c36-29(34-31(27-9-5-2-6-10-27)28-17-21-33-22-18-28)15-19-32(20-16-30(37)35-32)23-24-11-13-26(14-12-24)25-7-3-1-4-8-25/h1-14,17-18,21-22,31H,15-16,19-20,23H2,(H,34,36)(H,35,37). The predicted octanol–water partition coefficient (Wildman–Crippen LogP) is 5.63. The van der Waals surface area contributed by atoms with Gasteiger partial charge < -0.3 is 10.6 Å². The van der Waals surface area contributed by atoms with Crippen LogP contribution in [0.3, 0.4) is 0 Å². The molecule has 1 fully saturated rings. The van der Waals surface area contributed by atoms with Gasteiger partial charge >= 0.3 is 0 Å². The number of aromatic nitrogens is 1. The fraction of sp³-hybridized carbons (Fsp3) is 0.219. The van der Waals surface area contributed by atoms with Gasteiger partial charge in [-0.1, -0.05) is 84.9 Å². The van der Waals surface area contributed by atoms with Crippen LogP contribution in [0.15, 0.2) is 109 Å². The van der Waals surface area contributed by atoms with Crippen molar-refractivity contribution in [3.63, 3.8) is 0 Å². The molecule has 0 aliphatic carbocycles. The summed E-state index contributed by atoms with van der Waals surface area (Å²) in [6.45, 7) is 0. The Hall–Kier alpha value is -4.25. The monoisotopic (exact) mass is 489 g/mol. The maximum atomic E-state index is 13.2. The zero-order valence-electron chi connectivity index (χ0n) is 20.8. The van der Waals surface area contributed by atoms with Crippen LogP contribution in [0.1, 0.15) is 48.4 Å². The fourth-order valence-electron chi connectivity index (χ4n) is 5.16. The van der Waals surface area contributed by atoms with Gasteiger partial charge in [-0.3, -0.25) is 14.6 Å². The summed E-state index contributed by atoms with van der Waals surface area (Å²) < 4.78 is 0. The molecule has 1 aromatic heterocycles. The lowest BCUT2D eigenvalue weighted by Gasteiger charge is -2.30. The van der Waals surface area contributed by atoms with Crippen LogP contribution in [-0.4, -0.2) is 22.3 Å². The Morgan fingerprint density at radius 2 is 1.46 bits per heavy atom. The zero-order chi connectivity index (χ0) is 25.5. The highest BCUT2D eigenvalue weighted by atomic mass is 16.2. The van der Waals surface area contributed by atoms with Crippen LogP contribution in [0.5, 0.6) is 0 Å². The van der Waals surface area contributed by atoms with E-state index in [1.165, 1.54) is 5.56 Å². The molecular weight excluding hydrogens is 458 g/mol. The molecule has 2 N–H and O–H groups in total. The van der Waals surface area contributed by atoms with Gasteiger partial charge in [0.25, 0.3) is 0 Å². The molecule has 0 bridgehead atoms. The third-order valence-electron chi connectivity index (χ3n) is 7.15. The largest absolute Gasteiger partial charge is 0.350 e. The van der Waals surface area contributed by atoms with E-state index in [9.17, 15) is 9.59 Å². The van der Waals surface area contributed by atoms with Gasteiger partial charge in [0.05, 0.1) is 6.04 Å². The van der Waals surface area contributed by atoms with Gasteiger partial charge in [0, 0.05) is 30.8 Å². The maximum Gasteiger partial charge on any atom is 0.220 e. The van der Waals surface area contributed by atoms with Gasteiger partial charge in [-0.25, -0.2) is 0 Å². The molecule has 5 heteroatoms. The Bertz CT molecular complexity index is 1290. The van der Waals surface area contributed by atoms with Crippen molar-refractivity contribution in [3.05, 3.63) is 126 Å². The van der Waals surface area contributed by atoms with Gasteiger partial charge in [-0.15, -0.1) is 0 Å². The first-order valence-electron chi connectivity index (χ1n) is 12.8. The summed E-state index contributed by atoms with van der Waals surface area (Å²) in [4.78, 5) is 29.6. The summed E-state index contributed by atoms with van der Waals surface area (Å²) in [5.74, 6) is 0.0193. The molecule has 0 saturated carbocycles. The fourth-order valence-corrected chi connectivity index (χ4v) is 5.16. The van der Waals surface area contributed by atoms with Crippen LogP contribution in [0.25, 0.3) is 11.1 Å². The number of hydrogen-bond donors (Lipinski definition) is 2. The first-order chi connectivity index (χ1) is 18.1. The number of nitrogens with one attached hydrogen (secondary N) is 2. The van der Waals surface area contributed by atoms with E-state index >= 15 is 0 Å². The Morgan fingerprint density at radius 3 is 2.11 bits per heavy atom. The molecule has 2 heterocycles. The van der Waals surface area contributed by atoms with Gasteiger partial charge in [0.15, 0.2) is 0 Å². The SMILES string of the molecule is O=C(CCC1(Cc2ccc(-c3ccccc3)cc2)CCC(=O)N1)NC(c1ccccc1)c1ccncc1. The van der Waals surface area contributed by atoms with Gasteiger partial charge in [-0.2, -0.15) is 0 Å². The molecule has 0 radical (unpaired) electrons. The van der Waals surface area contributed by atoms with Gasteiger partial charge in [0.1, 0.15) is 0 Å². The topological polar surface area (TPSA) is 71.1 Å². The number of carbonyl (C=O) groups is 2. The Morgan fingerprint density at radius 1 is 0.838 bits per heavy atom. The molecule has 3 aromatic carbocycles. The van der Waals surface area contributed by atoms with E-state index in [0.29, 0.717) is 25.7 Å². The third kappa shape index (κ3) is 6.12. The van der Waals surface area contributed by atoms with E-state index in [1.807, 2.05) is 60.7 Å². The Labute approximate surface area is 218 Å². The summed E-state index contributed by atoms with van der Waals surface area (Å²) in [5, 5.41) is 6.42. The van der Waals surface area contributed by atoms with E-state index in [2.05, 4.69) is 52.0 Å². The van der Waals surface area contributed by atoms with E-state index in [1.54, 1.807) is 12.4 Å². The summed E-state index contributed by atoms with van der Waals surface area (Å²) in [5.41, 5.74) is 5.08. The maximum absolute atomic E-state index is 13.2. The van der Waals surface area contributed by atoms with Crippen molar-refractivity contribution in [3.8, 4) is 11.1 Å². The quantitative estimate of drug-likeness (QED) is 0.320. The molecule has 5 nitrogen and oxygen atoms in total. The van der Waals surface area contributed by atoms with Gasteiger partial charge in [-0.05, 0) is 59.2 Å². The van der Waals surface area contributed by atoms with Crippen molar-refractivity contribution in [1.82, 2.24) is 15.6 Å². The van der Waals surface area contributed by atoms with Gasteiger partial charge in [0.2, 0.25) is 11.8 Å². The number of hydrogen-bond acceptors (Lipinski definition) is 3. The second kappa shape index (κ2) is 11.2. The van der Waals surface area contributed by atoms with Crippen LogP contribution < -0.4 is 10.6 Å². The molecule has 2 amide bonds. The Balaban J connectivity index is 1.27. The van der Waals surface area contributed by atoms with Crippen molar-refractivity contribution >= 4 is 11.8 Å². The minimum atomic E-state index is -0.415. The number of rotatable bonds is 9. The summed E-state index contributed by atoms with van der Waals surface area (Å²) in [6, 6.07) is 32.3. The summed E-state index contributed by atoms with van der Waals surface area (Å²) in [6.07, 6.45) is 6.32. The Kier molecular flexibility index (Phi) is 7.41. The van der Waals surface area contributed by atoms with Crippen molar-refractivity contribution in [1.29, 1.82) is 0 Å². The molecule has 2 atom stereocenters. The molecule has 0 spiro atoms. The van der Waals surface area contributed by atoms with E-state index < -0.39 is 5.54 Å². The van der Waals surface area contributed by atoms with Crippen LogP contribution in [0, 0.1) is 0 Å². The van der Waals surface area contributed by atoms with Crippen molar-refractivity contribution in [2.45, 2.75) is 43.7 Å². The molecule has 4 aromatic rings.